The summed E-state index contributed by atoms with van der Waals surface area (Å²) >= 11 is 0. The van der Waals surface area contributed by atoms with E-state index >= 15 is 0 Å². The highest BCUT2D eigenvalue weighted by molar-refractivity contribution is 5.94. The van der Waals surface area contributed by atoms with Gasteiger partial charge >= 0.3 is 0 Å². The van der Waals surface area contributed by atoms with Gasteiger partial charge in [0, 0.05) is 18.2 Å². The summed E-state index contributed by atoms with van der Waals surface area (Å²) in [5.74, 6) is 0.178. The van der Waals surface area contributed by atoms with E-state index in [1.54, 1.807) is 6.21 Å². The lowest BCUT2D eigenvalue weighted by Crippen LogP contribution is -2.28. The highest BCUT2D eigenvalue weighted by Gasteiger charge is 2.29. The minimum atomic E-state index is -0.169. The smallest absolute Gasteiger partial charge is 0.269 e. The number of aromatic nitrogens is 2. The zero-order chi connectivity index (χ0) is 19.9. The Kier molecular flexibility index (Phi) is 6.12. The summed E-state index contributed by atoms with van der Waals surface area (Å²) in [4.78, 5) is 20.6. The fourth-order valence-electron chi connectivity index (χ4n) is 2.85. The third-order valence-electron chi connectivity index (χ3n) is 4.42. The Hall–Kier alpha value is -3.53. The first-order valence-electron chi connectivity index (χ1n) is 9.04. The van der Waals surface area contributed by atoms with Crippen LogP contribution in [0.1, 0.15) is 42.1 Å². The van der Waals surface area contributed by atoms with Crippen molar-refractivity contribution >= 4 is 12.1 Å². The van der Waals surface area contributed by atoms with Gasteiger partial charge in [0.2, 0.25) is 5.88 Å². The van der Waals surface area contributed by atoms with Gasteiger partial charge < -0.3 is 4.74 Å². The van der Waals surface area contributed by atoms with Gasteiger partial charge in [0.1, 0.15) is 6.07 Å². The number of hydrazone groups is 1. The van der Waals surface area contributed by atoms with Gasteiger partial charge in [-0.2, -0.15) is 10.4 Å². The molecule has 0 radical (unpaired) electrons. The van der Waals surface area contributed by atoms with Crippen LogP contribution in [0.15, 0.2) is 53.9 Å². The predicted molar refractivity (Wildman–Crippen MR) is 104 cm³/mol. The molecule has 7 nitrogen and oxygen atoms in total. The zero-order valence-electron chi connectivity index (χ0n) is 15.7. The van der Waals surface area contributed by atoms with Crippen LogP contribution in [0, 0.1) is 18.3 Å². The van der Waals surface area contributed by atoms with E-state index < -0.39 is 0 Å². The first kappa shape index (κ1) is 19.2. The van der Waals surface area contributed by atoms with Gasteiger partial charge in [-0.1, -0.05) is 36.4 Å². The summed E-state index contributed by atoms with van der Waals surface area (Å²) < 4.78 is 5.48. The summed E-state index contributed by atoms with van der Waals surface area (Å²) in [6.07, 6.45) is 6.33. The first-order valence-corrected chi connectivity index (χ1v) is 9.04. The molecule has 142 valence electrons. The molecule has 0 spiro atoms. The monoisotopic (exact) mass is 375 g/mol. The second kappa shape index (κ2) is 8.91. The standard InChI is InChI=1S/C21H21N5O2/c1-15-5-7-17(8-6-15)19-9-10-25-26(19)21(27)16(2)4-3-11-28-20-14-23-18(12-22)13-24-20/h5-8,10,13-14,19H,2-4,9,11H2,1H3. The molecule has 28 heavy (non-hydrogen) atoms. The summed E-state index contributed by atoms with van der Waals surface area (Å²) in [6.45, 7) is 6.33. The van der Waals surface area contributed by atoms with Crippen LogP contribution in [-0.4, -0.2) is 33.7 Å². The number of benzene rings is 1. The Morgan fingerprint density at radius 3 is 2.79 bits per heavy atom. The summed E-state index contributed by atoms with van der Waals surface area (Å²) in [5, 5.41) is 14.5. The number of carbonyl (C=O) groups excluding carboxylic acids is 1. The van der Waals surface area contributed by atoms with E-state index in [2.05, 4.69) is 21.6 Å². The number of ether oxygens (including phenoxy) is 1. The van der Waals surface area contributed by atoms with E-state index in [4.69, 9.17) is 10.00 Å². The molecule has 0 saturated carbocycles. The summed E-state index contributed by atoms with van der Waals surface area (Å²) in [5.41, 5.74) is 2.97. The molecule has 0 fully saturated rings. The maximum Gasteiger partial charge on any atom is 0.269 e. The Bertz CT molecular complexity index is 913. The van der Waals surface area contributed by atoms with Crippen molar-refractivity contribution in [2.75, 3.05) is 6.61 Å². The van der Waals surface area contributed by atoms with Gasteiger partial charge in [0.15, 0.2) is 5.69 Å². The minimum absolute atomic E-state index is 0.0879. The maximum atomic E-state index is 12.7. The Morgan fingerprint density at radius 1 is 1.32 bits per heavy atom. The molecule has 1 unspecified atom stereocenters. The summed E-state index contributed by atoms with van der Waals surface area (Å²) in [6, 6.07) is 9.95. The van der Waals surface area contributed by atoms with Gasteiger partial charge in [-0.05, 0) is 25.3 Å². The van der Waals surface area contributed by atoms with Crippen LogP contribution in [-0.2, 0) is 4.79 Å². The molecule has 1 aromatic heterocycles. The topological polar surface area (TPSA) is 91.5 Å². The SMILES string of the molecule is C=C(CCCOc1cnc(C#N)cn1)C(=O)N1N=CCC1c1ccc(C)cc1. The maximum absolute atomic E-state index is 12.7. The quantitative estimate of drug-likeness (QED) is 0.547. The number of nitrogens with zero attached hydrogens (tertiary/aromatic N) is 5. The van der Waals surface area contributed by atoms with Crippen molar-refractivity contribution in [2.45, 2.75) is 32.2 Å². The van der Waals surface area contributed by atoms with Crippen molar-refractivity contribution in [2.24, 2.45) is 5.10 Å². The van der Waals surface area contributed by atoms with Crippen molar-refractivity contribution in [3.63, 3.8) is 0 Å². The van der Waals surface area contributed by atoms with Crippen LogP contribution in [0.4, 0.5) is 0 Å². The number of rotatable bonds is 7. The predicted octanol–water partition coefficient (Wildman–Crippen LogP) is 3.33. The Balaban J connectivity index is 1.49. The van der Waals surface area contributed by atoms with Crippen molar-refractivity contribution in [3.8, 4) is 11.9 Å². The van der Waals surface area contributed by atoms with Crippen molar-refractivity contribution < 1.29 is 9.53 Å². The number of hydrogen-bond donors (Lipinski definition) is 0. The summed E-state index contributed by atoms with van der Waals surface area (Å²) in [7, 11) is 0. The number of aryl methyl sites for hydroxylation is 1. The lowest BCUT2D eigenvalue weighted by Gasteiger charge is -2.23. The van der Waals surface area contributed by atoms with Gasteiger partial charge in [0.05, 0.1) is 25.0 Å². The van der Waals surface area contributed by atoms with Gasteiger partial charge in [-0.3, -0.25) is 4.79 Å². The molecule has 3 rings (SSSR count). The molecular formula is C21H21N5O2. The third kappa shape index (κ3) is 4.60. The van der Waals surface area contributed by atoms with E-state index in [0.717, 1.165) is 5.56 Å². The average Bonchev–Trinajstić information content (AvgIpc) is 3.21. The molecule has 1 aliphatic heterocycles. The lowest BCUT2D eigenvalue weighted by atomic mass is 10.0. The molecule has 2 heterocycles. The average molecular weight is 375 g/mol. The van der Waals surface area contributed by atoms with E-state index in [-0.39, 0.29) is 17.6 Å². The number of hydrogen-bond acceptors (Lipinski definition) is 6. The lowest BCUT2D eigenvalue weighted by molar-refractivity contribution is -0.129. The highest BCUT2D eigenvalue weighted by atomic mass is 16.5. The molecule has 0 saturated heterocycles. The van der Waals surface area contributed by atoms with E-state index in [0.29, 0.717) is 37.3 Å². The van der Waals surface area contributed by atoms with Gasteiger partial charge in [-0.25, -0.2) is 15.0 Å². The minimum Gasteiger partial charge on any atom is -0.477 e. The van der Waals surface area contributed by atoms with E-state index in [9.17, 15) is 4.79 Å². The molecule has 1 aliphatic rings. The van der Waals surface area contributed by atoms with Crippen LogP contribution in [0.5, 0.6) is 5.88 Å². The van der Waals surface area contributed by atoms with Crippen LogP contribution in [0.2, 0.25) is 0 Å². The Labute approximate surface area is 164 Å². The van der Waals surface area contributed by atoms with Crippen molar-refractivity contribution in [1.29, 1.82) is 5.26 Å². The number of amides is 1. The third-order valence-corrected chi connectivity index (χ3v) is 4.42. The molecule has 0 bridgehead atoms. The molecule has 1 atom stereocenters. The normalized spacial score (nSPS) is 15.3. The molecule has 0 aliphatic carbocycles. The molecule has 7 heteroatoms. The fourth-order valence-corrected chi connectivity index (χ4v) is 2.85. The zero-order valence-corrected chi connectivity index (χ0v) is 15.7. The molecule has 1 amide bonds. The number of nitriles is 1. The largest absolute Gasteiger partial charge is 0.477 e. The second-order valence-corrected chi connectivity index (χ2v) is 6.52. The van der Waals surface area contributed by atoms with E-state index in [1.165, 1.54) is 23.0 Å². The van der Waals surface area contributed by atoms with E-state index in [1.807, 2.05) is 37.3 Å². The van der Waals surface area contributed by atoms with Crippen LogP contribution >= 0.6 is 0 Å². The molecule has 0 N–H and O–H groups in total. The number of carbonyl (C=O) groups is 1. The van der Waals surface area contributed by atoms with Crippen molar-refractivity contribution in [1.82, 2.24) is 15.0 Å². The molecule has 2 aromatic rings. The Morgan fingerprint density at radius 2 is 2.11 bits per heavy atom. The van der Waals surface area contributed by atoms with Crippen molar-refractivity contribution in [3.05, 3.63) is 65.6 Å². The fraction of sp³-hybridized carbons (Fsp3) is 0.286. The van der Waals surface area contributed by atoms with Gasteiger partial charge in [0.25, 0.3) is 5.91 Å². The second-order valence-electron chi connectivity index (χ2n) is 6.52. The van der Waals surface area contributed by atoms with Gasteiger partial charge in [-0.15, -0.1) is 0 Å². The highest BCUT2D eigenvalue weighted by Crippen LogP contribution is 2.30. The van der Waals surface area contributed by atoms with Crippen LogP contribution < -0.4 is 4.74 Å². The molecule has 1 aromatic carbocycles. The molecular weight excluding hydrogens is 354 g/mol. The first-order chi connectivity index (χ1) is 13.6. The van der Waals surface area contributed by atoms with Crippen LogP contribution in [0.3, 0.4) is 0 Å². The van der Waals surface area contributed by atoms with Crippen LogP contribution in [0.25, 0.3) is 0 Å².